The number of nitrogen functional groups attached to an aromatic ring is 1. The van der Waals surface area contributed by atoms with E-state index in [1.165, 1.54) is 12.1 Å². The van der Waals surface area contributed by atoms with E-state index in [9.17, 15) is 9.18 Å². The maximum atomic E-state index is 12.9. The van der Waals surface area contributed by atoms with Crippen LogP contribution >= 0.6 is 11.6 Å². The van der Waals surface area contributed by atoms with Crippen LogP contribution in [0, 0.1) is 5.82 Å². The Morgan fingerprint density at radius 3 is 2.50 bits per heavy atom. The second kappa shape index (κ2) is 6.38. The fraction of sp³-hybridized carbons (Fsp3) is 0.300. The number of benzene rings is 1. The second-order valence-corrected chi connectivity index (χ2v) is 2.56. The third kappa shape index (κ3) is 3.34. The molecule has 0 aliphatic rings. The quantitative estimate of drug-likeness (QED) is 0.470. The van der Waals surface area contributed by atoms with Gasteiger partial charge in [-0.15, -0.1) is 11.6 Å². The van der Waals surface area contributed by atoms with Gasteiger partial charge in [-0.2, -0.15) is 0 Å². The fourth-order valence-corrected chi connectivity index (χ4v) is 0.973. The molecule has 1 rings (SSSR count). The van der Waals surface area contributed by atoms with Crippen LogP contribution < -0.4 is 5.73 Å². The van der Waals surface area contributed by atoms with Gasteiger partial charge in [0.2, 0.25) is 0 Å². The Morgan fingerprint density at radius 1 is 1.50 bits per heavy atom. The van der Waals surface area contributed by atoms with Crippen molar-refractivity contribution < 1.29 is 9.18 Å². The normalized spacial score (nSPS) is 8.86. The Hall–Kier alpha value is -1.09. The number of hydrogen-bond donors (Lipinski definition) is 1. The minimum Gasteiger partial charge on any atom is -0.399 e. The summed E-state index contributed by atoms with van der Waals surface area (Å²) in [4.78, 5) is 10.9. The number of anilines is 1. The summed E-state index contributed by atoms with van der Waals surface area (Å²) in [6.45, 7) is 4.00. The number of carbonyl (C=O) groups is 1. The van der Waals surface area contributed by atoms with Gasteiger partial charge in [0.1, 0.15) is 5.82 Å². The van der Waals surface area contributed by atoms with E-state index in [0.29, 0.717) is 5.69 Å². The number of carbonyl (C=O) groups excluding carboxylic acids is 1. The summed E-state index contributed by atoms with van der Waals surface area (Å²) >= 11 is 5.25. The summed E-state index contributed by atoms with van der Waals surface area (Å²) in [6.07, 6.45) is 0. The molecule has 1 aromatic rings. The molecule has 0 spiro atoms. The van der Waals surface area contributed by atoms with Crippen molar-refractivity contribution in [1.29, 1.82) is 0 Å². The van der Waals surface area contributed by atoms with E-state index in [4.69, 9.17) is 17.3 Å². The molecule has 0 aliphatic carbocycles. The van der Waals surface area contributed by atoms with Crippen LogP contribution in [0.5, 0.6) is 0 Å². The third-order valence-corrected chi connectivity index (χ3v) is 1.66. The lowest BCUT2D eigenvalue weighted by atomic mass is 10.1. The molecule has 0 bridgehead atoms. The van der Waals surface area contributed by atoms with Crippen molar-refractivity contribution in [3.05, 3.63) is 29.6 Å². The van der Waals surface area contributed by atoms with E-state index < -0.39 is 11.6 Å². The Morgan fingerprint density at radius 2 is 2.07 bits per heavy atom. The molecular formula is C10H13ClFNO. The predicted molar refractivity (Wildman–Crippen MR) is 57.2 cm³/mol. The van der Waals surface area contributed by atoms with Crippen molar-refractivity contribution in [2.24, 2.45) is 0 Å². The molecule has 4 heteroatoms. The van der Waals surface area contributed by atoms with Gasteiger partial charge in [-0.3, -0.25) is 4.79 Å². The average Bonchev–Trinajstić information content (AvgIpc) is 2.20. The molecule has 0 radical (unpaired) electrons. The van der Waals surface area contributed by atoms with Crippen molar-refractivity contribution in [3.8, 4) is 0 Å². The maximum Gasteiger partial charge on any atom is 0.180 e. The summed E-state index contributed by atoms with van der Waals surface area (Å²) < 4.78 is 12.9. The molecule has 0 saturated carbocycles. The number of alkyl halides is 1. The molecular weight excluding hydrogens is 205 g/mol. The molecule has 2 nitrogen and oxygen atoms in total. The lowest BCUT2D eigenvalue weighted by molar-refractivity contribution is 0.101. The maximum absolute atomic E-state index is 12.9. The van der Waals surface area contributed by atoms with Crippen LogP contribution in [0.4, 0.5) is 10.1 Å². The Labute approximate surface area is 87.9 Å². The Bertz CT molecular complexity index is 315. The van der Waals surface area contributed by atoms with Gasteiger partial charge in [0.05, 0.1) is 11.4 Å². The highest BCUT2D eigenvalue weighted by Crippen LogP contribution is 2.12. The summed E-state index contributed by atoms with van der Waals surface area (Å²) in [6, 6.07) is 3.89. The third-order valence-electron chi connectivity index (χ3n) is 1.41. The molecule has 0 heterocycles. The van der Waals surface area contributed by atoms with E-state index >= 15 is 0 Å². The van der Waals surface area contributed by atoms with Crippen LogP contribution in [-0.2, 0) is 0 Å². The molecule has 2 N–H and O–H groups in total. The number of Topliss-reactive ketones (excluding diaryl/α,β-unsaturated/α-hetero) is 1. The molecule has 0 amide bonds. The summed E-state index contributed by atoms with van der Waals surface area (Å²) in [5, 5.41) is 0. The van der Waals surface area contributed by atoms with Gasteiger partial charge in [0, 0.05) is 5.69 Å². The number of hydrogen-bond acceptors (Lipinski definition) is 2. The van der Waals surface area contributed by atoms with Crippen LogP contribution in [0.25, 0.3) is 0 Å². The van der Waals surface area contributed by atoms with Gasteiger partial charge >= 0.3 is 0 Å². The molecule has 0 unspecified atom stereocenters. The lowest BCUT2D eigenvalue weighted by Gasteiger charge is -1.99. The fourth-order valence-electron chi connectivity index (χ4n) is 0.829. The first-order valence-corrected chi connectivity index (χ1v) is 4.83. The molecule has 0 saturated heterocycles. The topological polar surface area (TPSA) is 43.1 Å². The van der Waals surface area contributed by atoms with E-state index in [1.54, 1.807) is 0 Å². The van der Waals surface area contributed by atoms with Crippen LogP contribution in [0.3, 0.4) is 0 Å². The first kappa shape index (κ1) is 12.9. The van der Waals surface area contributed by atoms with Gasteiger partial charge in [-0.05, 0) is 18.2 Å². The van der Waals surface area contributed by atoms with Gasteiger partial charge in [-0.1, -0.05) is 13.8 Å². The first-order valence-electron chi connectivity index (χ1n) is 4.29. The molecule has 0 atom stereocenters. The number of halogens is 2. The molecule has 0 aromatic heterocycles. The highest BCUT2D eigenvalue weighted by atomic mass is 35.5. The summed E-state index contributed by atoms with van der Waals surface area (Å²) in [5.41, 5.74) is 5.56. The monoisotopic (exact) mass is 217 g/mol. The standard InChI is InChI=1S/C8H7ClFNO.C2H6/c9-4-8(12)6-2-1-5(11)3-7(6)10;1-2/h1-3H,4,11H2;1-2H3. The number of rotatable bonds is 2. The largest absolute Gasteiger partial charge is 0.399 e. The zero-order chi connectivity index (χ0) is 11.1. The second-order valence-electron chi connectivity index (χ2n) is 2.30. The zero-order valence-corrected chi connectivity index (χ0v) is 8.94. The van der Waals surface area contributed by atoms with E-state index in [0.717, 1.165) is 6.07 Å². The van der Waals surface area contributed by atoms with E-state index in [1.807, 2.05) is 13.8 Å². The number of nitrogens with two attached hydrogens (primary N) is 1. The molecule has 0 aliphatic heterocycles. The Kier molecular flexibility index (Phi) is 5.88. The number of ketones is 1. The molecule has 14 heavy (non-hydrogen) atoms. The van der Waals surface area contributed by atoms with E-state index in [2.05, 4.69) is 0 Å². The summed E-state index contributed by atoms with van der Waals surface area (Å²) in [5.74, 6) is -1.28. The van der Waals surface area contributed by atoms with Crippen molar-refractivity contribution in [1.82, 2.24) is 0 Å². The highest BCUT2D eigenvalue weighted by molar-refractivity contribution is 6.30. The molecule has 0 fully saturated rings. The Balaban J connectivity index is 0.000000791. The van der Waals surface area contributed by atoms with Crippen molar-refractivity contribution >= 4 is 23.1 Å². The molecule has 78 valence electrons. The first-order chi connectivity index (χ1) is 6.65. The van der Waals surface area contributed by atoms with Crippen molar-refractivity contribution in [2.45, 2.75) is 13.8 Å². The average molecular weight is 218 g/mol. The van der Waals surface area contributed by atoms with Gasteiger partial charge in [0.15, 0.2) is 5.78 Å². The smallest absolute Gasteiger partial charge is 0.180 e. The van der Waals surface area contributed by atoms with Crippen LogP contribution in [0.1, 0.15) is 24.2 Å². The van der Waals surface area contributed by atoms with E-state index in [-0.39, 0.29) is 11.4 Å². The van der Waals surface area contributed by atoms with Gasteiger partial charge in [-0.25, -0.2) is 4.39 Å². The van der Waals surface area contributed by atoms with Crippen molar-refractivity contribution in [3.63, 3.8) is 0 Å². The van der Waals surface area contributed by atoms with Gasteiger partial charge in [0.25, 0.3) is 0 Å². The van der Waals surface area contributed by atoms with Crippen molar-refractivity contribution in [2.75, 3.05) is 11.6 Å². The van der Waals surface area contributed by atoms with Gasteiger partial charge < -0.3 is 5.73 Å². The SMILES string of the molecule is CC.Nc1ccc(C(=O)CCl)c(F)c1. The van der Waals surface area contributed by atoms with Crippen LogP contribution in [0.2, 0.25) is 0 Å². The van der Waals surface area contributed by atoms with Crippen LogP contribution in [-0.4, -0.2) is 11.7 Å². The summed E-state index contributed by atoms with van der Waals surface area (Å²) in [7, 11) is 0. The minimum atomic E-state index is -0.624. The zero-order valence-electron chi connectivity index (χ0n) is 8.18. The lowest BCUT2D eigenvalue weighted by Crippen LogP contribution is -2.03. The van der Waals surface area contributed by atoms with Crippen LogP contribution in [0.15, 0.2) is 18.2 Å². The molecule has 1 aromatic carbocycles. The predicted octanol–water partition coefficient (Wildman–Crippen LogP) is 2.86. The minimum absolute atomic E-state index is 0.0146. The highest BCUT2D eigenvalue weighted by Gasteiger charge is 2.09.